The van der Waals surface area contributed by atoms with Gasteiger partial charge in [0.15, 0.2) is 0 Å². The Balaban J connectivity index is 2.67. The third-order valence-electron chi connectivity index (χ3n) is 1.54. The Hall–Kier alpha value is -2.97. The third kappa shape index (κ3) is 5.21. The molecule has 0 unspecified atom stereocenters. The molecule has 1 rings (SSSR count). The molecule has 1 heterocycles. The van der Waals surface area contributed by atoms with Crippen molar-refractivity contribution in [2.75, 3.05) is 0 Å². The van der Waals surface area contributed by atoms with Crippen molar-refractivity contribution in [3.8, 4) is 0 Å². The summed E-state index contributed by atoms with van der Waals surface area (Å²) in [5, 5.41) is 7.09. The topological polar surface area (TPSA) is 148 Å². The molecule has 0 fully saturated rings. The molecule has 9 heteroatoms. The molecule has 0 aliphatic heterocycles. The Kier molecular flexibility index (Phi) is 4.79. The number of nitrogens with two attached hydrogens (primary N) is 2. The van der Waals surface area contributed by atoms with Crippen molar-refractivity contribution in [2.45, 2.75) is 0 Å². The molecule has 18 heavy (non-hydrogen) atoms. The number of hydrogen-bond acceptors (Lipinski definition) is 5. The average Bonchev–Trinajstić information content (AvgIpc) is 2.28. The van der Waals surface area contributed by atoms with Gasteiger partial charge in [0.05, 0.1) is 23.8 Å². The predicted octanol–water partition coefficient (Wildman–Crippen LogP) is -0.914. The SMILES string of the molecule is NC(=O)N/N=C/c1cccc(/C=N/NC(N)=O)n1. The smallest absolute Gasteiger partial charge is 0.332 e. The first-order valence-electron chi connectivity index (χ1n) is 4.72. The number of pyridine rings is 1. The number of nitrogens with zero attached hydrogens (tertiary/aromatic N) is 3. The summed E-state index contributed by atoms with van der Waals surface area (Å²) < 4.78 is 0. The molecule has 0 aliphatic rings. The molecule has 94 valence electrons. The number of primary amides is 2. The lowest BCUT2D eigenvalue weighted by molar-refractivity contribution is 0.248. The third-order valence-corrected chi connectivity index (χ3v) is 1.54. The lowest BCUT2D eigenvalue weighted by Crippen LogP contribution is -2.24. The lowest BCUT2D eigenvalue weighted by Gasteiger charge is -1.96. The number of urea groups is 2. The fourth-order valence-corrected chi connectivity index (χ4v) is 0.937. The van der Waals surface area contributed by atoms with Crippen LogP contribution in [0.2, 0.25) is 0 Å². The summed E-state index contributed by atoms with van der Waals surface area (Å²) in [5.41, 5.74) is 14.7. The van der Waals surface area contributed by atoms with E-state index < -0.39 is 12.1 Å². The van der Waals surface area contributed by atoms with Gasteiger partial charge in [0, 0.05) is 0 Å². The second-order valence-electron chi connectivity index (χ2n) is 2.96. The predicted molar refractivity (Wildman–Crippen MR) is 64.9 cm³/mol. The Morgan fingerprint density at radius 2 is 1.50 bits per heavy atom. The fourth-order valence-electron chi connectivity index (χ4n) is 0.937. The van der Waals surface area contributed by atoms with Crippen LogP contribution in [-0.2, 0) is 0 Å². The van der Waals surface area contributed by atoms with Gasteiger partial charge in [-0.15, -0.1) is 0 Å². The Labute approximate surface area is 102 Å². The van der Waals surface area contributed by atoms with Crippen molar-refractivity contribution in [2.24, 2.45) is 21.7 Å². The molecule has 1 aromatic rings. The molecule has 0 saturated carbocycles. The van der Waals surface area contributed by atoms with E-state index in [2.05, 4.69) is 15.2 Å². The van der Waals surface area contributed by atoms with E-state index in [1.54, 1.807) is 18.2 Å². The van der Waals surface area contributed by atoms with Crippen LogP contribution in [0, 0.1) is 0 Å². The van der Waals surface area contributed by atoms with E-state index in [1.807, 2.05) is 10.9 Å². The first-order valence-corrected chi connectivity index (χ1v) is 4.72. The van der Waals surface area contributed by atoms with Gasteiger partial charge in [0.1, 0.15) is 0 Å². The Morgan fingerprint density at radius 1 is 1.06 bits per heavy atom. The molecule has 1 aromatic heterocycles. The maximum absolute atomic E-state index is 10.4. The van der Waals surface area contributed by atoms with Gasteiger partial charge in [-0.2, -0.15) is 10.2 Å². The average molecular weight is 249 g/mol. The number of aromatic nitrogens is 1. The van der Waals surface area contributed by atoms with E-state index in [1.165, 1.54) is 12.4 Å². The highest BCUT2D eigenvalue weighted by molar-refractivity contribution is 5.83. The zero-order chi connectivity index (χ0) is 13.4. The minimum atomic E-state index is -0.769. The highest BCUT2D eigenvalue weighted by Crippen LogP contribution is 1.94. The van der Waals surface area contributed by atoms with Gasteiger partial charge in [-0.3, -0.25) is 0 Å². The van der Waals surface area contributed by atoms with Gasteiger partial charge >= 0.3 is 12.1 Å². The summed E-state index contributed by atoms with van der Waals surface area (Å²) in [4.78, 5) is 24.8. The number of hydrazone groups is 2. The number of rotatable bonds is 4. The molecule has 0 saturated heterocycles. The van der Waals surface area contributed by atoms with Crippen LogP contribution in [0.25, 0.3) is 0 Å². The van der Waals surface area contributed by atoms with Crippen molar-refractivity contribution in [3.63, 3.8) is 0 Å². The van der Waals surface area contributed by atoms with Crippen LogP contribution < -0.4 is 22.3 Å². The summed E-state index contributed by atoms with van der Waals surface area (Å²) in [5.74, 6) is 0. The first kappa shape index (κ1) is 13.1. The highest BCUT2D eigenvalue weighted by atomic mass is 16.2. The fraction of sp³-hybridized carbons (Fsp3) is 0. The van der Waals surface area contributed by atoms with E-state index >= 15 is 0 Å². The summed E-state index contributed by atoms with van der Waals surface area (Å²) in [6.45, 7) is 0. The first-order chi connectivity index (χ1) is 8.58. The molecule has 0 aromatic carbocycles. The van der Waals surface area contributed by atoms with Crippen LogP contribution in [0.3, 0.4) is 0 Å². The van der Waals surface area contributed by atoms with Gasteiger partial charge < -0.3 is 11.5 Å². The summed E-state index contributed by atoms with van der Waals surface area (Å²) in [6.07, 6.45) is 2.62. The van der Waals surface area contributed by atoms with Crippen molar-refractivity contribution in [1.82, 2.24) is 15.8 Å². The second kappa shape index (κ2) is 6.58. The van der Waals surface area contributed by atoms with Crippen LogP contribution in [-0.4, -0.2) is 29.5 Å². The number of carbonyl (C=O) groups is 2. The number of hydrogen-bond donors (Lipinski definition) is 4. The van der Waals surface area contributed by atoms with E-state index in [4.69, 9.17) is 11.5 Å². The van der Waals surface area contributed by atoms with E-state index in [-0.39, 0.29) is 0 Å². The quantitative estimate of drug-likeness (QED) is 0.404. The van der Waals surface area contributed by atoms with Crippen LogP contribution in [0.15, 0.2) is 28.4 Å². The van der Waals surface area contributed by atoms with Crippen LogP contribution in [0.5, 0.6) is 0 Å². The summed E-state index contributed by atoms with van der Waals surface area (Å²) >= 11 is 0. The molecule has 0 bridgehead atoms. The minimum Gasteiger partial charge on any atom is -0.350 e. The number of amides is 4. The summed E-state index contributed by atoms with van der Waals surface area (Å²) in [6, 6.07) is 3.48. The normalized spacial score (nSPS) is 10.7. The van der Waals surface area contributed by atoms with Crippen LogP contribution >= 0.6 is 0 Å². The molecule has 6 N–H and O–H groups in total. The Bertz CT molecular complexity index is 456. The molecular weight excluding hydrogens is 238 g/mol. The van der Waals surface area contributed by atoms with Crippen LogP contribution in [0.4, 0.5) is 9.59 Å². The van der Waals surface area contributed by atoms with Crippen molar-refractivity contribution in [1.29, 1.82) is 0 Å². The molecule has 0 radical (unpaired) electrons. The van der Waals surface area contributed by atoms with Gasteiger partial charge in [0.2, 0.25) is 0 Å². The zero-order valence-corrected chi connectivity index (χ0v) is 9.20. The Morgan fingerprint density at radius 3 is 1.89 bits per heavy atom. The van der Waals surface area contributed by atoms with Crippen molar-refractivity contribution >= 4 is 24.5 Å². The largest absolute Gasteiger partial charge is 0.350 e. The van der Waals surface area contributed by atoms with Gasteiger partial charge in [-0.25, -0.2) is 25.4 Å². The maximum Gasteiger partial charge on any atom is 0.332 e. The van der Waals surface area contributed by atoms with Crippen molar-refractivity contribution in [3.05, 3.63) is 29.6 Å². The van der Waals surface area contributed by atoms with Gasteiger partial charge in [-0.1, -0.05) is 6.07 Å². The summed E-state index contributed by atoms with van der Waals surface area (Å²) in [7, 11) is 0. The molecule has 0 aliphatic carbocycles. The molecule has 0 spiro atoms. The van der Waals surface area contributed by atoms with E-state index in [9.17, 15) is 9.59 Å². The minimum absolute atomic E-state index is 0.478. The van der Waals surface area contributed by atoms with E-state index in [0.29, 0.717) is 11.4 Å². The number of nitrogens with one attached hydrogen (secondary N) is 2. The molecule has 4 amide bonds. The maximum atomic E-state index is 10.4. The zero-order valence-electron chi connectivity index (χ0n) is 9.20. The molecule has 9 nitrogen and oxygen atoms in total. The van der Waals surface area contributed by atoms with Gasteiger partial charge in [0.25, 0.3) is 0 Å². The lowest BCUT2D eigenvalue weighted by atomic mass is 10.3. The monoisotopic (exact) mass is 249 g/mol. The van der Waals surface area contributed by atoms with Gasteiger partial charge in [-0.05, 0) is 12.1 Å². The molecular formula is C9H11N7O2. The standard InChI is InChI=1S/C9H11N7O2/c10-8(17)15-12-4-6-2-1-3-7(14-6)5-13-16-9(11)18/h1-5H,(H3,10,15,17)(H3,11,16,18)/b12-4+,13-5+. The van der Waals surface area contributed by atoms with E-state index in [0.717, 1.165) is 0 Å². The van der Waals surface area contributed by atoms with Crippen LogP contribution in [0.1, 0.15) is 11.4 Å². The number of carbonyl (C=O) groups excluding carboxylic acids is 2. The second-order valence-corrected chi connectivity index (χ2v) is 2.96. The highest BCUT2D eigenvalue weighted by Gasteiger charge is 1.93. The van der Waals surface area contributed by atoms with Crippen molar-refractivity contribution < 1.29 is 9.59 Å². The molecule has 0 atom stereocenters.